The van der Waals surface area contributed by atoms with Gasteiger partial charge in [-0.15, -0.1) is 0 Å². The third kappa shape index (κ3) is 4.15. The van der Waals surface area contributed by atoms with Crippen LogP contribution in [-0.2, 0) is 4.79 Å². The molecule has 1 aromatic carbocycles. The van der Waals surface area contributed by atoms with E-state index < -0.39 is 5.91 Å². The maximum atomic E-state index is 10.6. The highest BCUT2D eigenvalue weighted by atomic mass is 16.5. The minimum absolute atomic E-state index is 0.0790. The van der Waals surface area contributed by atoms with Crippen LogP contribution >= 0.6 is 0 Å². The smallest absolute Gasteiger partial charge is 0.255 e. The van der Waals surface area contributed by atoms with E-state index in [9.17, 15) is 4.79 Å². The molecule has 1 aliphatic rings. The molecular weight excluding hydrogens is 252 g/mol. The predicted molar refractivity (Wildman–Crippen MR) is 80.7 cm³/mol. The number of rotatable bonds is 5. The van der Waals surface area contributed by atoms with Crippen molar-refractivity contribution >= 4 is 11.6 Å². The number of nitrogens with two attached hydrogens (primary N) is 1. The van der Waals surface area contributed by atoms with Crippen molar-refractivity contribution in [1.29, 1.82) is 0 Å². The van der Waals surface area contributed by atoms with Crippen LogP contribution in [0, 0.1) is 11.8 Å². The Balaban J connectivity index is 1.88. The lowest BCUT2D eigenvalue weighted by molar-refractivity contribution is -0.119. The minimum Gasteiger partial charge on any atom is -0.484 e. The first-order valence-electron chi connectivity index (χ1n) is 7.32. The van der Waals surface area contributed by atoms with Crippen molar-refractivity contribution in [2.75, 3.05) is 11.9 Å². The highest BCUT2D eigenvalue weighted by Crippen LogP contribution is 2.31. The molecular formula is C16H24N2O2. The van der Waals surface area contributed by atoms with Crippen LogP contribution in [0.4, 0.5) is 5.69 Å². The first-order valence-corrected chi connectivity index (χ1v) is 7.32. The Kier molecular flexibility index (Phi) is 4.88. The summed E-state index contributed by atoms with van der Waals surface area (Å²) >= 11 is 0. The summed E-state index contributed by atoms with van der Waals surface area (Å²) < 4.78 is 5.25. The molecule has 1 fully saturated rings. The Morgan fingerprint density at radius 1 is 1.30 bits per heavy atom. The number of carbonyl (C=O) groups excluding carboxylic acids is 1. The van der Waals surface area contributed by atoms with Gasteiger partial charge >= 0.3 is 0 Å². The Hall–Kier alpha value is -1.71. The zero-order valence-electron chi connectivity index (χ0n) is 12.3. The summed E-state index contributed by atoms with van der Waals surface area (Å²) in [5.41, 5.74) is 6.14. The molecule has 0 aromatic heterocycles. The molecule has 3 N–H and O–H groups in total. The lowest BCUT2D eigenvalue weighted by Crippen LogP contribution is -2.32. The highest BCUT2D eigenvalue weighted by molar-refractivity contribution is 5.75. The summed E-state index contributed by atoms with van der Waals surface area (Å²) in [5.74, 6) is 1.74. The molecule has 0 radical (unpaired) electrons. The maximum absolute atomic E-state index is 10.6. The van der Waals surface area contributed by atoms with Crippen molar-refractivity contribution in [2.45, 2.75) is 39.2 Å². The first kappa shape index (κ1) is 14.7. The zero-order chi connectivity index (χ0) is 14.5. The number of benzene rings is 1. The standard InChI is InChI=1S/C16H24N2O2/c1-11-3-8-15(12(2)9-11)18-13-4-6-14(7-5-13)20-10-16(17)19/h4-7,11-12,15,18H,3,8-10H2,1-2H3,(H2,17,19). The molecule has 0 aliphatic heterocycles. The SMILES string of the molecule is CC1CCC(Nc2ccc(OCC(N)=O)cc2)C(C)C1. The lowest BCUT2D eigenvalue weighted by Gasteiger charge is -2.33. The summed E-state index contributed by atoms with van der Waals surface area (Å²) in [7, 11) is 0. The number of ether oxygens (including phenoxy) is 1. The van der Waals surface area contributed by atoms with Gasteiger partial charge in [-0.3, -0.25) is 4.79 Å². The lowest BCUT2D eigenvalue weighted by atomic mass is 9.80. The Bertz CT molecular complexity index is 444. The molecule has 0 bridgehead atoms. The average Bonchev–Trinajstić information content (AvgIpc) is 2.41. The largest absolute Gasteiger partial charge is 0.484 e. The molecule has 3 unspecified atom stereocenters. The van der Waals surface area contributed by atoms with E-state index in [0.29, 0.717) is 17.7 Å². The second kappa shape index (κ2) is 6.64. The number of anilines is 1. The van der Waals surface area contributed by atoms with Gasteiger partial charge in [0, 0.05) is 11.7 Å². The molecule has 0 heterocycles. The van der Waals surface area contributed by atoms with Gasteiger partial charge in [-0.25, -0.2) is 0 Å². The molecule has 1 amide bonds. The molecule has 0 spiro atoms. The number of nitrogens with one attached hydrogen (secondary N) is 1. The van der Waals surface area contributed by atoms with Gasteiger partial charge in [-0.2, -0.15) is 0 Å². The van der Waals surface area contributed by atoms with E-state index in [-0.39, 0.29) is 6.61 Å². The van der Waals surface area contributed by atoms with Gasteiger partial charge in [0.1, 0.15) is 5.75 Å². The third-order valence-corrected chi connectivity index (χ3v) is 4.02. The molecule has 0 saturated heterocycles. The second-order valence-electron chi connectivity index (χ2n) is 5.93. The van der Waals surface area contributed by atoms with Gasteiger partial charge in [0.15, 0.2) is 6.61 Å². The summed E-state index contributed by atoms with van der Waals surface area (Å²) in [6, 6.07) is 8.24. The van der Waals surface area contributed by atoms with E-state index in [4.69, 9.17) is 10.5 Å². The van der Waals surface area contributed by atoms with Gasteiger partial charge in [0.2, 0.25) is 0 Å². The summed E-state index contributed by atoms with van der Waals surface area (Å²) in [6.07, 6.45) is 3.81. The van der Waals surface area contributed by atoms with Crippen LogP contribution in [0.15, 0.2) is 24.3 Å². The van der Waals surface area contributed by atoms with Crippen LogP contribution in [-0.4, -0.2) is 18.6 Å². The second-order valence-corrected chi connectivity index (χ2v) is 5.93. The monoisotopic (exact) mass is 276 g/mol. The van der Waals surface area contributed by atoms with Crippen LogP contribution < -0.4 is 15.8 Å². The molecule has 1 saturated carbocycles. The van der Waals surface area contributed by atoms with E-state index in [2.05, 4.69) is 19.2 Å². The van der Waals surface area contributed by atoms with Gasteiger partial charge in [-0.05, 0) is 55.4 Å². The fourth-order valence-corrected chi connectivity index (χ4v) is 2.90. The fraction of sp³-hybridized carbons (Fsp3) is 0.562. The third-order valence-electron chi connectivity index (χ3n) is 4.02. The normalized spacial score (nSPS) is 26.0. The van der Waals surface area contributed by atoms with E-state index in [0.717, 1.165) is 11.6 Å². The van der Waals surface area contributed by atoms with Gasteiger partial charge in [0.25, 0.3) is 5.91 Å². The molecule has 4 nitrogen and oxygen atoms in total. The van der Waals surface area contributed by atoms with E-state index >= 15 is 0 Å². The molecule has 1 aromatic rings. The molecule has 4 heteroatoms. The van der Waals surface area contributed by atoms with Gasteiger partial charge < -0.3 is 15.8 Å². The maximum Gasteiger partial charge on any atom is 0.255 e. The van der Waals surface area contributed by atoms with E-state index in [1.165, 1.54) is 19.3 Å². The van der Waals surface area contributed by atoms with Crippen molar-refractivity contribution in [3.63, 3.8) is 0 Å². The number of hydrogen-bond acceptors (Lipinski definition) is 3. The predicted octanol–water partition coefficient (Wildman–Crippen LogP) is 2.79. The van der Waals surface area contributed by atoms with Crippen molar-refractivity contribution in [3.8, 4) is 5.75 Å². The van der Waals surface area contributed by atoms with Crippen molar-refractivity contribution < 1.29 is 9.53 Å². The zero-order valence-corrected chi connectivity index (χ0v) is 12.3. The Morgan fingerprint density at radius 3 is 2.60 bits per heavy atom. The van der Waals surface area contributed by atoms with E-state index in [1.807, 2.05) is 24.3 Å². The average molecular weight is 276 g/mol. The van der Waals surface area contributed by atoms with Gasteiger partial charge in [0.05, 0.1) is 0 Å². The van der Waals surface area contributed by atoms with Crippen LogP contribution in [0.25, 0.3) is 0 Å². The molecule has 110 valence electrons. The fourth-order valence-electron chi connectivity index (χ4n) is 2.90. The Morgan fingerprint density at radius 2 is 2.00 bits per heavy atom. The highest BCUT2D eigenvalue weighted by Gasteiger charge is 2.24. The minimum atomic E-state index is -0.461. The quantitative estimate of drug-likeness (QED) is 0.869. The molecule has 2 rings (SSSR count). The number of carbonyl (C=O) groups is 1. The van der Waals surface area contributed by atoms with Crippen molar-refractivity contribution in [3.05, 3.63) is 24.3 Å². The first-order chi connectivity index (χ1) is 9.54. The van der Waals surface area contributed by atoms with Crippen molar-refractivity contribution in [2.24, 2.45) is 17.6 Å². The van der Waals surface area contributed by atoms with Crippen LogP contribution in [0.3, 0.4) is 0 Å². The number of hydrogen-bond donors (Lipinski definition) is 2. The number of primary amides is 1. The topological polar surface area (TPSA) is 64.3 Å². The summed E-state index contributed by atoms with van der Waals surface area (Å²) in [5, 5.41) is 3.60. The van der Waals surface area contributed by atoms with E-state index in [1.54, 1.807) is 0 Å². The van der Waals surface area contributed by atoms with Gasteiger partial charge in [-0.1, -0.05) is 13.8 Å². The van der Waals surface area contributed by atoms with Crippen LogP contribution in [0.5, 0.6) is 5.75 Å². The van der Waals surface area contributed by atoms with Crippen LogP contribution in [0.2, 0.25) is 0 Å². The summed E-state index contributed by atoms with van der Waals surface area (Å²) in [6.45, 7) is 4.57. The van der Waals surface area contributed by atoms with Crippen LogP contribution in [0.1, 0.15) is 33.1 Å². The molecule has 20 heavy (non-hydrogen) atoms. The summed E-state index contributed by atoms with van der Waals surface area (Å²) in [4.78, 5) is 10.6. The van der Waals surface area contributed by atoms with Crippen molar-refractivity contribution in [1.82, 2.24) is 0 Å². The molecule has 1 aliphatic carbocycles. The Labute approximate surface area is 120 Å². The molecule has 3 atom stereocenters. The number of amides is 1.